The fourth-order valence-corrected chi connectivity index (χ4v) is 4.23. The summed E-state index contributed by atoms with van der Waals surface area (Å²) in [6.07, 6.45) is 1.13. The fourth-order valence-electron chi connectivity index (χ4n) is 2.94. The number of halogens is 1. The minimum Gasteiger partial charge on any atom is -0.443 e. The predicted octanol–water partition coefficient (Wildman–Crippen LogP) is 2.74. The first-order chi connectivity index (χ1) is 14.3. The molecule has 1 heterocycles. The summed E-state index contributed by atoms with van der Waals surface area (Å²) in [6, 6.07) is 5.66. The highest BCUT2D eigenvalue weighted by atomic mass is 79.9. The number of nitrogens with zero attached hydrogens (tertiary/aromatic N) is 3. The van der Waals surface area contributed by atoms with Gasteiger partial charge in [-0.05, 0) is 44.9 Å². The number of amides is 2. The predicted molar refractivity (Wildman–Crippen MR) is 123 cm³/mol. The molecule has 2 amide bonds. The number of benzene rings is 1. The molecule has 0 bridgehead atoms. The average Bonchev–Trinajstić information content (AvgIpc) is 2.96. The lowest BCUT2D eigenvalue weighted by Gasteiger charge is -2.28. The summed E-state index contributed by atoms with van der Waals surface area (Å²) in [5.41, 5.74) is 0.800. The molecule has 0 unspecified atom stereocenters. The van der Waals surface area contributed by atoms with E-state index in [1.54, 1.807) is 32.4 Å². The Kier molecular flexibility index (Phi) is 7.77. The molecule has 0 aliphatic rings. The van der Waals surface area contributed by atoms with Crippen LogP contribution < -0.4 is 5.32 Å². The third-order valence-corrected chi connectivity index (χ3v) is 6.75. The molecule has 31 heavy (non-hydrogen) atoms. The van der Waals surface area contributed by atoms with Crippen LogP contribution in [0, 0.1) is 0 Å². The number of rotatable bonds is 7. The molecule has 2 rings (SSSR count). The lowest BCUT2D eigenvalue weighted by atomic mass is 10.1. The molecule has 1 aromatic carbocycles. The van der Waals surface area contributed by atoms with Crippen LogP contribution in [-0.2, 0) is 32.7 Å². The molecule has 0 saturated heterocycles. The maximum absolute atomic E-state index is 12.8. The largest absolute Gasteiger partial charge is 0.443 e. The van der Waals surface area contributed by atoms with Gasteiger partial charge >= 0.3 is 16.3 Å². The minimum absolute atomic E-state index is 0.107. The van der Waals surface area contributed by atoms with Crippen molar-refractivity contribution in [1.82, 2.24) is 18.5 Å². The number of nitrogens with one attached hydrogen (secondary N) is 1. The second-order valence-corrected chi connectivity index (χ2v) is 11.2. The first-order valence-electron chi connectivity index (χ1n) is 9.67. The van der Waals surface area contributed by atoms with Gasteiger partial charge in [0, 0.05) is 49.3 Å². The number of carbonyl (C=O) groups excluding carboxylic acids is 2. The van der Waals surface area contributed by atoms with Crippen molar-refractivity contribution in [1.29, 1.82) is 0 Å². The molecule has 0 radical (unpaired) electrons. The van der Waals surface area contributed by atoms with Gasteiger partial charge in [0.1, 0.15) is 12.1 Å². The van der Waals surface area contributed by atoms with Gasteiger partial charge in [-0.2, -0.15) is 17.0 Å². The Morgan fingerprint density at radius 2 is 1.87 bits per heavy atom. The molecule has 1 aromatic heterocycles. The van der Waals surface area contributed by atoms with E-state index < -0.39 is 21.9 Å². The molecule has 0 fully saturated rings. The van der Waals surface area contributed by atoms with Crippen molar-refractivity contribution in [2.75, 3.05) is 27.7 Å². The van der Waals surface area contributed by atoms with Gasteiger partial charge in [0.15, 0.2) is 0 Å². The minimum atomic E-state index is -4.04. The number of hydrogen-bond acceptors (Lipinski definition) is 5. The molecule has 11 heteroatoms. The van der Waals surface area contributed by atoms with Crippen LogP contribution in [0.1, 0.15) is 26.3 Å². The summed E-state index contributed by atoms with van der Waals surface area (Å²) in [4.78, 5) is 24.6. The maximum atomic E-state index is 12.8. The van der Waals surface area contributed by atoms with E-state index in [0.29, 0.717) is 0 Å². The van der Waals surface area contributed by atoms with E-state index in [1.807, 2.05) is 24.4 Å². The van der Waals surface area contributed by atoms with Gasteiger partial charge < -0.3 is 14.6 Å². The van der Waals surface area contributed by atoms with E-state index in [1.165, 1.54) is 14.1 Å². The first-order valence-corrected chi connectivity index (χ1v) is 11.9. The maximum Gasteiger partial charge on any atom is 0.425 e. The Balaban J connectivity index is 2.40. The number of ether oxygens (including phenoxy) is 1. The second kappa shape index (κ2) is 9.58. The van der Waals surface area contributed by atoms with Crippen LogP contribution >= 0.6 is 15.9 Å². The number of aromatic nitrogens is 1. The van der Waals surface area contributed by atoms with E-state index in [-0.39, 0.29) is 25.4 Å². The molecule has 0 spiro atoms. The van der Waals surface area contributed by atoms with E-state index in [2.05, 4.69) is 21.2 Å². The lowest BCUT2D eigenvalue weighted by Crippen LogP contribution is -2.46. The molecule has 0 saturated carbocycles. The number of carbonyl (C=O) groups is 2. The highest BCUT2D eigenvalue weighted by Crippen LogP contribution is 2.26. The summed E-state index contributed by atoms with van der Waals surface area (Å²) in [7, 11) is 0.243. The number of likely N-dealkylation sites (N-methyl/N-ethyl adjacent to an activating group) is 1. The Bertz CT molecular complexity index is 1070. The molecule has 0 atom stereocenters. The van der Waals surface area contributed by atoms with Crippen LogP contribution in [0.5, 0.6) is 0 Å². The van der Waals surface area contributed by atoms with Gasteiger partial charge in [-0.1, -0.05) is 22.0 Å². The van der Waals surface area contributed by atoms with Gasteiger partial charge in [0.25, 0.3) is 0 Å². The van der Waals surface area contributed by atoms with Gasteiger partial charge in [0.2, 0.25) is 5.91 Å². The summed E-state index contributed by atoms with van der Waals surface area (Å²) in [6.45, 7) is 5.04. The van der Waals surface area contributed by atoms with E-state index in [9.17, 15) is 18.0 Å². The molecule has 0 aliphatic heterocycles. The van der Waals surface area contributed by atoms with Crippen molar-refractivity contribution in [3.05, 3.63) is 34.4 Å². The Hall–Kier alpha value is -2.11. The van der Waals surface area contributed by atoms with Crippen LogP contribution in [0.2, 0.25) is 0 Å². The molecule has 9 nitrogen and oxygen atoms in total. The van der Waals surface area contributed by atoms with Crippen molar-refractivity contribution < 1.29 is 22.7 Å². The Labute approximate surface area is 191 Å². The zero-order valence-electron chi connectivity index (χ0n) is 18.6. The first kappa shape index (κ1) is 25.2. The van der Waals surface area contributed by atoms with Crippen LogP contribution in [0.25, 0.3) is 10.9 Å². The molecule has 1 N–H and O–H groups in total. The monoisotopic (exact) mass is 516 g/mol. The standard InChI is InChI=1S/C20H29BrN4O5S/c1-20(2,3)30-19(27)25(31(28,29)23(5)6)10-9-14-12-24(13-18(26)22-4)17-11-15(21)7-8-16(14)17/h7-8,11-12H,9-10,13H2,1-6H3,(H,22,26). The van der Waals surface area contributed by atoms with E-state index in [0.717, 1.165) is 29.5 Å². The summed E-state index contributed by atoms with van der Waals surface area (Å²) >= 11 is 3.44. The van der Waals surface area contributed by atoms with Crippen molar-refractivity contribution >= 4 is 49.0 Å². The van der Waals surface area contributed by atoms with Crippen LogP contribution in [0.4, 0.5) is 4.79 Å². The third kappa shape index (κ3) is 6.20. The Morgan fingerprint density at radius 3 is 2.42 bits per heavy atom. The average molecular weight is 517 g/mol. The molecule has 2 aromatic rings. The summed E-state index contributed by atoms with van der Waals surface area (Å²) in [5, 5.41) is 3.47. The smallest absolute Gasteiger partial charge is 0.425 e. The highest BCUT2D eigenvalue weighted by Gasteiger charge is 2.33. The molecular formula is C20H29BrN4O5S. The van der Waals surface area contributed by atoms with Crippen LogP contribution in [0.3, 0.4) is 0 Å². The van der Waals surface area contributed by atoms with Gasteiger partial charge in [-0.15, -0.1) is 0 Å². The summed E-state index contributed by atoms with van der Waals surface area (Å²) < 4.78 is 35.2. The SMILES string of the molecule is CNC(=O)Cn1cc(CCN(C(=O)OC(C)(C)C)S(=O)(=O)N(C)C)c2ccc(Br)cc21. The van der Waals surface area contributed by atoms with Gasteiger partial charge in [-0.25, -0.2) is 4.79 Å². The van der Waals surface area contributed by atoms with Crippen molar-refractivity contribution in [2.24, 2.45) is 0 Å². The topological polar surface area (TPSA) is 101 Å². The Morgan fingerprint density at radius 1 is 1.23 bits per heavy atom. The van der Waals surface area contributed by atoms with Gasteiger partial charge in [0.05, 0.1) is 0 Å². The zero-order valence-corrected chi connectivity index (χ0v) is 21.0. The van der Waals surface area contributed by atoms with Crippen molar-refractivity contribution in [3.63, 3.8) is 0 Å². The molecular weight excluding hydrogens is 488 g/mol. The lowest BCUT2D eigenvalue weighted by molar-refractivity contribution is -0.121. The van der Waals surface area contributed by atoms with Crippen molar-refractivity contribution in [2.45, 2.75) is 39.3 Å². The molecule has 172 valence electrons. The van der Waals surface area contributed by atoms with Crippen LogP contribution in [0.15, 0.2) is 28.9 Å². The third-order valence-electron chi connectivity index (χ3n) is 4.44. The van der Waals surface area contributed by atoms with E-state index >= 15 is 0 Å². The second-order valence-electron chi connectivity index (χ2n) is 8.21. The summed E-state index contributed by atoms with van der Waals surface area (Å²) in [5.74, 6) is -0.158. The van der Waals surface area contributed by atoms with Gasteiger partial charge in [-0.3, -0.25) is 4.79 Å². The number of hydrogen-bond donors (Lipinski definition) is 1. The number of fused-ring (bicyclic) bond motifs is 1. The highest BCUT2D eigenvalue weighted by molar-refractivity contribution is 9.10. The fraction of sp³-hybridized carbons (Fsp3) is 0.500. The molecule has 0 aliphatic carbocycles. The zero-order chi connectivity index (χ0) is 23.6. The van der Waals surface area contributed by atoms with Crippen LogP contribution in [-0.4, -0.2) is 66.9 Å². The van der Waals surface area contributed by atoms with Crippen molar-refractivity contribution in [3.8, 4) is 0 Å². The van der Waals surface area contributed by atoms with E-state index in [4.69, 9.17) is 4.74 Å². The normalized spacial score (nSPS) is 12.3. The quantitative estimate of drug-likeness (QED) is 0.609.